The highest BCUT2D eigenvalue weighted by molar-refractivity contribution is 5.85. The molecule has 0 radical (unpaired) electrons. The molecule has 2 fully saturated rings. The topological polar surface area (TPSA) is 43.1 Å². The van der Waals surface area contributed by atoms with E-state index in [0.717, 1.165) is 0 Å². The van der Waals surface area contributed by atoms with Crippen LogP contribution in [0.1, 0.15) is 64.2 Å². The summed E-state index contributed by atoms with van der Waals surface area (Å²) in [6.45, 7) is 0. The van der Waals surface area contributed by atoms with Crippen LogP contribution in [0.2, 0.25) is 0 Å². The van der Waals surface area contributed by atoms with Crippen LogP contribution >= 0.6 is 12.4 Å². The number of rotatable bonds is 3. The van der Waals surface area contributed by atoms with E-state index >= 15 is 0 Å². The van der Waals surface area contributed by atoms with E-state index in [-0.39, 0.29) is 24.2 Å². The van der Waals surface area contributed by atoms with Gasteiger partial charge in [0.05, 0.1) is 0 Å². The van der Waals surface area contributed by atoms with Gasteiger partial charge in [-0.25, -0.2) is 0 Å². The molecule has 2 N–H and O–H groups in total. The van der Waals surface area contributed by atoms with Gasteiger partial charge in [0, 0.05) is 5.92 Å². The lowest BCUT2D eigenvalue weighted by atomic mass is 9.69. The zero-order valence-corrected chi connectivity index (χ0v) is 11.5. The van der Waals surface area contributed by atoms with Crippen molar-refractivity contribution in [2.75, 3.05) is 0 Å². The number of carbonyl (C=O) groups excluding carboxylic acids is 1. The van der Waals surface area contributed by atoms with Crippen LogP contribution in [0.5, 0.6) is 0 Å². The molecule has 2 rings (SSSR count). The van der Waals surface area contributed by atoms with Crippen molar-refractivity contribution in [2.45, 2.75) is 64.2 Å². The van der Waals surface area contributed by atoms with Crippen LogP contribution < -0.4 is 5.73 Å². The summed E-state index contributed by atoms with van der Waals surface area (Å²) in [7, 11) is 0. The molecule has 0 aliphatic heterocycles. The highest BCUT2D eigenvalue weighted by Crippen LogP contribution is 2.39. The highest BCUT2D eigenvalue weighted by Gasteiger charge is 2.34. The number of primary amides is 1. The molecule has 0 aromatic carbocycles. The fraction of sp³-hybridized carbons (Fsp3) is 0.929. The molecule has 0 saturated heterocycles. The molecule has 0 spiro atoms. The van der Waals surface area contributed by atoms with Gasteiger partial charge in [-0.2, -0.15) is 0 Å². The van der Waals surface area contributed by atoms with E-state index in [1.54, 1.807) is 0 Å². The van der Waals surface area contributed by atoms with Crippen LogP contribution in [-0.2, 0) is 4.79 Å². The van der Waals surface area contributed by atoms with Gasteiger partial charge >= 0.3 is 0 Å². The van der Waals surface area contributed by atoms with Crippen molar-refractivity contribution in [1.29, 1.82) is 0 Å². The van der Waals surface area contributed by atoms with E-state index in [2.05, 4.69) is 0 Å². The zero-order chi connectivity index (χ0) is 11.4. The SMILES string of the molecule is Cl.NC(=O)C(C1CCCCC1)C1CCCCC1. The minimum Gasteiger partial charge on any atom is -0.369 e. The number of hydrogen-bond donors (Lipinski definition) is 1. The molecule has 0 bridgehead atoms. The minimum absolute atomic E-state index is 0. The summed E-state index contributed by atoms with van der Waals surface area (Å²) in [6, 6.07) is 0. The van der Waals surface area contributed by atoms with Gasteiger partial charge in [0.2, 0.25) is 5.91 Å². The van der Waals surface area contributed by atoms with Gasteiger partial charge in [0.1, 0.15) is 0 Å². The van der Waals surface area contributed by atoms with Gasteiger partial charge in [-0.05, 0) is 37.5 Å². The smallest absolute Gasteiger partial charge is 0.221 e. The maximum atomic E-state index is 11.7. The molecule has 17 heavy (non-hydrogen) atoms. The number of halogens is 1. The van der Waals surface area contributed by atoms with Crippen molar-refractivity contribution in [1.82, 2.24) is 0 Å². The predicted molar refractivity (Wildman–Crippen MR) is 73.1 cm³/mol. The molecule has 2 aliphatic carbocycles. The van der Waals surface area contributed by atoms with Gasteiger partial charge in [-0.15, -0.1) is 12.4 Å². The number of hydrogen-bond acceptors (Lipinski definition) is 1. The molecule has 3 heteroatoms. The Morgan fingerprint density at radius 2 is 1.18 bits per heavy atom. The first-order valence-corrected chi connectivity index (χ1v) is 7.08. The van der Waals surface area contributed by atoms with Crippen LogP contribution in [-0.4, -0.2) is 5.91 Å². The van der Waals surface area contributed by atoms with E-state index in [1.807, 2.05) is 0 Å². The lowest BCUT2D eigenvalue weighted by Crippen LogP contribution is -2.37. The van der Waals surface area contributed by atoms with Crippen LogP contribution in [0.3, 0.4) is 0 Å². The van der Waals surface area contributed by atoms with Crippen molar-refractivity contribution in [3.63, 3.8) is 0 Å². The molecular formula is C14H26ClNO. The maximum Gasteiger partial charge on any atom is 0.221 e. The fourth-order valence-corrected chi connectivity index (χ4v) is 3.84. The quantitative estimate of drug-likeness (QED) is 0.826. The summed E-state index contributed by atoms with van der Waals surface area (Å²) in [6.07, 6.45) is 12.9. The third-order valence-electron chi connectivity index (χ3n) is 4.64. The second-order valence-corrected chi connectivity index (χ2v) is 5.72. The first kappa shape index (κ1) is 14.8. The molecule has 0 aromatic rings. The van der Waals surface area contributed by atoms with Crippen LogP contribution in [0, 0.1) is 17.8 Å². The summed E-state index contributed by atoms with van der Waals surface area (Å²) in [5, 5.41) is 0. The molecular weight excluding hydrogens is 234 g/mol. The second-order valence-electron chi connectivity index (χ2n) is 5.72. The van der Waals surface area contributed by atoms with E-state index in [9.17, 15) is 4.79 Å². The standard InChI is InChI=1S/C14H25NO.ClH/c15-14(16)13(11-7-3-1-4-8-11)12-9-5-2-6-10-12;/h11-13H,1-10H2,(H2,15,16);1H. The van der Waals surface area contributed by atoms with E-state index < -0.39 is 0 Å². The van der Waals surface area contributed by atoms with Crippen molar-refractivity contribution in [2.24, 2.45) is 23.5 Å². The molecule has 0 unspecified atom stereocenters. The molecule has 2 aliphatic rings. The maximum absolute atomic E-state index is 11.7. The normalized spacial score (nSPS) is 23.4. The Balaban J connectivity index is 0.00000144. The summed E-state index contributed by atoms with van der Waals surface area (Å²) in [5.41, 5.74) is 5.66. The Labute approximate surface area is 111 Å². The second kappa shape index (κ2) is 7.25. The molecule has 2 saturated carbocycles. The zero-order valence-electron chi connectivity index (χ0n) is 10.7. The average Bonchev–Trinajstić information content (AvgIpc) is 2.31. The van der Waals surface area contributed by atoms with Crippen LogP contribution in [0.25, 0.3) is 0 Å². The monoisotopic (exact) mass is 259 g/mol. The third-order valence-corrected chi connectivity index (χ3v) is 4.64. The molecule has 0 atom stereocenters. The van der Waals surface area contributed by atoms with E-state index in [0.29, 0.717) is 11.8 Å². The summed E-state index contributed by atoms with van der Waals surface area (Å²) in [4.78, 5) is 11.7. The molecule has 100 valence electrons. The lowest BCUT2D eigenvalue weighted by Gasteiger charge is -2.35. The van der Waals surface area contributed by atoms with Crippen molar-refractivity contribution in [3.05, 3.63) is 0 Å². The predicted octanol–water partition coefficient (Wildman–Crippen LogP) is 3.67. The highest BCUT2D eigenvalue weighted by atomic mass is 35.5. The Kier molecular flexibility index (Phi) is 6.32. The van der Waals surface area contributed by atoms with Crippen LogP contribution in [0.4, 0.5) is 0 Å². The van der Waals surface area contributed by atoms with Gasteiger partial charge in [-0.1, -0.05) is 38.5 Å². The number of carbonyl (C=O) groups is 1. The Bertz CT molecular complexity index is 214. The molecule has 2 nitrogen and oxygen atoms in total. The van der Waals surface area contributed by atoms with Crippen molar-refractivity contribution >= 4 is 18.3 Å². The van der Waals surface area contributed by atoms with Crippen molar-refractivity contribution < 1.29 is 4.79 Å². The Morgan fingerprint density at radius 1 is 0.824 bits per heavy atom. The molecule has 0 heterocycles. The Hall–Kier alpha value is -0.240. The number of nitrogens with two attached hydrogens (primary N) is 1. The van der Waals surface area contributed by atoms with E-state index in [4.69, 9.17) is 5.73 Å². The van der Waals surface area contributed by atoms with Gasteiger partial charge in [-0.3, -0.25) is 4.79 Å². The van der Waals surface area contributed by atoms with Crippen molar-refractivity contribution in [3.8, 4) is 0 Å². The Morgan fingerprint density at radius 3 is 1.47 bits per heavy atom. The fourth-order valence-electron chi connectivity index (χ4n) is 3.84. The number of amides is 1. The first-order valence-electron chi connectivity index (χ1n) is 7.08. The van der Waals surface area contributed by atoms with E-state index in [1.165, 1.54) is 64.2 Å². The summed E-state index contributed by atoms with van der Waals surface area (Å²) >= 11 is 0. The largest absolute Gasteiger partial charge is 0.369 e. The van der Waals surface area contributed by atoms with Gasteiger partial charge in [0.25, 0.3) is 0 Å². The molecule has 1 amide bonds. The third kappa shape index (κ3) is 3.87. The molecule has 0 aromatic heterocycles. The van der Waals surface area contributed by atoms with Gasteiger partial charge in [0.15, 0.2) is 0 Å². The summed E-state index contributed by atoms with van der Waals surface area (Å²) < 4.78 is 0. The first-order chi connectivity index (χ1) is 7.79. The average molecular weight is 260 g/mol. The van der Waals surface area contributed by atoms with Gasteiger partial charge < -0.3 is 5.73 Å². The van der Waals surface area contributed by atoms with Crippen LogP contribution in [0.15, 0.2) is 0 Å². The lowest BCUT2D eigenvalue weighted by molar-refractivity contribution is -0.126. The summed E-state index contributed by atoms with van der Waals surface area (Å²) in [5.74, 6) is 1.39. The minimum atomic E-state index is -0.0150.